The third kappa shape index (κ3) is 5.85. The second kappa shape index (κ2) is 11.3. The first-order chi connectivity index (χ1) is 15.5. The molecule has 1 aliphatic rings. The van der Waals surface area contributed by atoms with Crippen molar-refractivity contribution in [2.75, 3.05) is 26.4 Å². The minimum absolute atomic E-state index is 0.0165. The van der Waals surface area contributed by atoms with Gasteiger partial charge in [-0.2, -0.15) is 0 Å². The molecule has 8 nitrogen and oxygen atoms in total. The average molecular weight is 441 g/mol. The van der Waals surface area contributed by atoms with E-state index in [-0.39, 0.29) is 38.6 Å². The van der Waals surface area contributed by atoms with E-state index in [1.807, 2.05) is 55.5 Å². The molecule has 2 aromatic carbocycles. The fourth-order valence-corrected chi connectivity index (χ4v) is 3.75. The predicted molar refractivity (Wildman–Crippen MR) is 116 cm³/mol. The second-order valence-electron chi connectivity index (χ2n) is 7.32. The fourth-order valence-electron chi connectivity index (χ4n) is 3.75. The van der Waals surface area contributed by atoms with Crippen LogP contribution in [0, 0.1) is 0 Å². The zero-order valence-electron chi connectivity index (χ0n) is 17.9. The Kier molecular flexibility index (Phi) is 8.21. The topological polar surface area (TPSA) is 111 Å². The van der Waals surface area contributed by atoms with Crippen LogP contribution in [0.25, 0.3) is 11.1 Å². The van der Waals surface area contributed by atoms with E-state index in [0.717, 1.165) is 22.3 Å². The van der Waals surface area contributed by atoms with Crippen LogP contribution >= 0.6 is 0 Å². The maximum Gasteiger partial charge on any atom is 0.407 e. The molecular weight excluding hydrogens is 414 g/mol. The lowest BCUT2D eigenvalue weighted by atomic mass is 9.98. The number of esters is 1. The lowest BCUT2D eigenvalue weighted by Crippen LogP contribution is -2.43. The minimum Gasteiger partial charge on any atom is -0.481 e. The van der Waals surface area contributed by atoms with Gasteiger partial charge in [0, 0.05) is 18.9 Å². The van der Waals surface area contributed by atoms with E-state index in [0.29, 0.717) is 6.61 Å². The quantitative estimate of drug-likeness (QED) is 0.406. The van der Waals surface area contributed by atoms with Gasteiger partial charge in [0.25, 0.3) is 0 Å². The van der Waals surface area contributed by atoms with Crippen molar-refractivity contribution in [1.29, 1.82) is 0 Å². The molecule has 1 aliphatic carbocycles. The normalized spacial score (nSPS) is 13.0. The van der Waals surface area contributed by atoms with Crippen LogP contribution in [0.1, 0.15) is 36.8 Å². The van der Waals surface area contributed by atoms with Gasteiger partial charge in [-0.25, -0.2) is 9.59 Å². The molecule has 1 atom stereocenters. The number of carboxylic acids is 1. The molecule has 0 aromatic heterocycles. The van der Waals surface area contributed by atoms with Gasteiger partial charge in [-0.3, -0.25) is 4.79 Å². The van der Waals surface area contributed by atoms with Crippen molar-refractivity contribution in [2.45, 2.75) is 31.7 Å². The number of aliphatic carboxylic acids is 1. The van der Waals surface area contributed by atoms with Gasteiger partial charge in [0.1, 0.15) is 19.3 Å². The zero-order valence-corrected chi connectivity index (χ0v) is 17.9. The van der Waals surface area contributed by atoms with Gasteiger partial charge < -0.3 is 24.6 Å². The first kappa shape index (κ1) is 23.3. The van der Waals surface area contributed by atoms with Crippen LogP contribution in [0.3, 0.4) is 0 Å². The Morgan fingerprint density at radius 2 is 1.59 bits per heavy atom. The summed E-state index contributed by atoms with van der Waals surface area (Å²) < 4.78 is 15.6. The highest BCUT2D eigenvalue weighted by Gasteiger charge is 2.30. The molecule has 170 valence electrons. The lowest BCUT2D eigenvalue weighted by Gasteiger charge is -2.19. The van der Waals surface area contributed by atoms with Crippen LogP contribution in [0.5, 0.6) is 0 Å². The molecule has 0 unspecified atom stereocenters. The van der Waals surface area contributed by atoms with Gasteiger partial charge in [0.05, 0.1) is 6.61 Å². The van der Waals surface area contributed by atoms with Crippen LogP contribution in [-0.2, 0) is 23.8 Å². The molecule has 0 aliphatic heterocycles. The summed E-state index contributed by atoms with van der Waals surface area (Å²) in [5.74, 6) is -1.92. The Hall–Kier alpha value is -3.39. The molecule has 3 rings (SSSR count). The summed E-state index contributed by atoms with van der Waals surface area (Å²) in [7, 11) is 0. The number of benzene rings is 2. The SMILES string of the molecule is CCOCCOC(=O)[C@H](CCC(=O)O)NC(=O)OCC1c2ccccc2-c2ccccc21. The van der Waals surface area contributed by atoms with Crippen molar-refractivity contribution in [3.8, 4) is 11.1 Å². The van der Waals surface area contributed by atoms with Gasteiger partial charge in [0.2, 0.25) is 0 Å². The monoisotopic (exact) mass is 441 g/mol. The summed E-state index contributed by atoms with van der Waals surface area (Å²) >= 11 is 0. The molecule has 0 fully saturated rings. The maximum absolute atomic E-state index is 12.4. The molecule has 0 spiro atoms. The van der Waals surface area contributed by atoms with E-state index in [1.165, 1.54) is 0 Å². The molecule has 1 amide bonds. The number of carboxylic acid groups (broad SMARTS) is 1. The third-order valence-electron chi connectivity index (χ3n) is 5.24. The Morgan fingerprint density at radius 1 is 0.969 bits per heavy atom. The molecule has 0 saturated carbocycles. The molecule has 8 heteroatoms. The Balaban J connectivity index is 1.61. The van der Waals surface area contributed by atoms with Gasteiger partial charge >= 0.3 is 18.0 Å². The van der Waals surface area contributed by atoms with Crippen LogP contribution in [0.2, 0.25) is 0 Å². The van der Waals surface area contributed by atoms with Crippen molar-refractivity contribution in [2.24, 2.45) is 0 Å². The van der Waals surface area contributed by atoms with Gasteiger partial charge in [-0.15, -0.1) is 0 Å². The number of rotatable bonds is 11. The Bertz CT molecular complexity index is 913. The van der Waals surface area contributed by atoms with Crippen LogP contribution in [0.4, 0.5) is 4.79 Å². The molecule has 2 aromatic rings. The van der Waals surface area contributed by atoms with Gasteiger partial charge in [-0.1, -0.05) is 48.5 Å². The standard InChI is InChI=1S/C24H27NO7/c1-2-30-13-14-31-23(28)21(11-12-22(26)27)25-24(29)32-15-20-18-9-5-3-7-16(18)17-8-4-6-10-19(17)20/h3-10,20-21H,2,11-15H2,1H3,(H,25,29)(H,26,27)/t21-/m0/s1. The summed E-state index contributed by atoms with van der Waals surface area (Å²) in [4.78, 5) is 35.7. The molecule has 0 bridgehead atoms. The Morgan fingerprint density at radius 3 is 2.19 bits per heavy atom. The Labute approximate surface area is 186 Å². The first-order valence-electron chi connectivity index (χ1n) is 10.6. The van der Waals surface area contributed by atoms with Crippen molar-refractivity contribution in [3.05, 3.63) is 59.7 Å². The highest BCUT2D eigenvalue weighted by molar-refractivity contribution is 5.82. The van der Waals surface area contributed by atoms with E-state index >= 15 is 0 Å². The van der Waals surface area contributed by atoms with E-state index in [9.17, 15) is 14.4 Å². The third-order valence-corrected chi connectivity index (χ3v) is 5.24. The van der Waals surface area contributed by atoms with Crippen LogP contribution < -0.4 is 5.32 Å². The summed E-state index contributed by atoms with van der Waals surface area (Å²) in [5.41, 5.74) is 4.35. The smallest absolute Gasteiger partial charge is 0.407 e. The average Bonchev–Trinajstić information content (AvgIpc) is 3.11. The molecule has 0 saturated heterocycles. The maximum atomic E-state index is 12.4. The number of fused-ring (bicyclic) bond motifs is 3. The van der Waals surface area contributed by atoms with E-state index in [1.54, 1.807) is 0 Å². The number of ether oxygens (including phenoxy) is 3. The number of amides is 1. The highest BCUT2D eigenvalue weighted by Crippen LogP contribution is 2.44. The largest absolute Gasteiger partial charge is 0.481 e. The molecule has 2 N–H and O–H groups in total. The lowest BCUT2D eigenvalue weighted by molar-refractivity contribution is -0.148. The van der Waals surface area contributed by atoms with Crippen molar-refractivity contribution >= 4 is 18.0 Å². The number of hydrogen-bond donors (Lipinski definition) is 2. The van der Waals surface area contributed by atoms with Crippen LogP contribution in [0.15, 0.2) is 48.5 Å². The van der Waals surface area contributed by atoms with Crippen LogP contribution in [-0.4, -0.2) is 55.6 Å². The summed E-state index contributed by atoms with van der Waals surface area (Å²) in [5, 5.41) is 11.4. The molecule has 32 heavy (non-hydrogen) atoms. The van der Waals surface area contributed by atoms with Crippen molar-refractivity contribution < 1.29 is 33.7 Å². The zero-order chi connectivity index (χ0) is 22.9. The van der Waals surface area contributed by atoms with E-state index < -0.39 is 24.1 Å². The summed E-state index contributed by atoms with van der Waals surface area (Å²) in [6, 6.07) is 14.8. The number of alkyl carbamates (subject to hydrolysis) is 1. The van der Waals surface area contributed by atoms with E-state index in [4.69, 9.17) is 19.3 Å². The predicted octanol–water partition coefficient (Wildman–Crippen LogP) is 3.34. The number of carbonyl (C=O) groups is 3. The summed E-state index contributed by atoms with van der Waals surface area (Å²) in [6.45, 7) is 2.63. The summed E-state index contributed by atoms with van der Waals surface area (Å²) in [6.07, 6.45) is -1.20. The number of hydrogen-bond acceptors (Lipinski definition) is 6. The molecular formula is C24H27NO7. The molecule has 0 radical (unpaired) electrons. The highest BCUT2D eigenvalue weighted by atomic mass is 16.6. The fraction of sp³-hybridized carbons (Fsp3) is 0.375. The number of nitrogens with one attached hydrogen (secondary N) is 1. The first-order valence-corrected chi connectivity index (χ1v) is 10.6. The van der Waals surface area contributed by atoms with Gasteiger partial charge in [0.15, 0.2) is 0 Å². The van der Waals surface area contributed by atoms with Gasteiger partial charge in [-0.05, 0) is 35.6 Å². The number of carbonyl (C=O) groups excluding carboxylic acids is 2. The molecule has 0 heterocycles. The van der Waals surface area contributed by atoms with Crippen molar-refractivity contribution in [1.82, 2.24) is 5.32 Å². The van der Waals surface area contributed by atoms with E-state index in [2.05, 4.69) is 5.32 Å². The second-order valence-corrected chi connectivity index (χ2v) is 7.32. The van der Waals surface area contributed by atoms with Crippen molar-refractivity contribution in [3.63, 3.8) is 0 Å². The minimum atomic E-state index is -1.12.